The molecule has 4 rings (SSSR count). The van der Waals surface area contributed by atoms with Crippen LogP contribution in [0, 0.1) is 30.9 Å². The minimum absolute atomic E-state index is 0.00674. The molecule has 1 saturated heterocycles. The number of esters is 1. The number of ether oxygens (including phenoxy) is 2. The Morgan fingerprint density at radius 1 is 1.10 bits per heavy atom. The fraction of sp³-hybridized carbons (Fsp3) is 0.455. The van der Waals surface area contributed by atoms with Crippen LogP contribution >= 0.6 is 0 Å². The van der Waals surface area contributed by atoms with Gasteiger partial charge in [-0.1, -0.05) is 26.0 Å². The van der Waals surface area contributed by atoms with E-state index in [-0.39, 0.29) is 35.4 Å². The van der Waals surface area contributed by atoms with E-state index in [0.717, 1.165) is 23.1 Å². The van der Waals surface area contributed by atoms with Gasteiger partial charge in [0.1, 0.15) is 17.7 Å². The number of aliphatic hydroxyl groups excluding tert-OH is 1. The van der Waals surface area contributed by atoms with Crippen molar-refractivity contribution in [1.29, 1.82) is 0 Å². The highest BCUT2D eigenvalue weighted by atomic mass is 19.1. The molecular formula is C33H38F2O5. The monoisotopic (exact) mass is 552 g/mol. The van der Waals surface area contributed by atoms with Crippen LogP contribution < -0.4 is 0 Å². The maximum atomic E-state index is 14.1. The Morgan fingerprint density at radius 2 is 1.80 bits per heavy atom. The van der Waals surface area contributed by atoms with Gasteiger partial charge in [0, 0.05) is 25.0 Å². The summed E-state index contributed by atoms with van der Waals surface area (Å²) in [5.41, 5.74) is 4.18. The first kappa shape index (κ1) is 29.8. The molecule has 0 spiro atoms. The van der Waals surface area contributed by atoms with E-state index in [9.17, 15) is 23.5 Å². The Bertz CT molecular complexity index is 1330. The number of halogens is 2. The molecule has 2 aromatic carbocycles. The van der Waals surface area contributed by atoms with E-state index in [1.807, 2.05) is 18.2 Å². The first-order valence-electron chi connectivity index (χ1n) is 13.9. The highest BCUT2D eigenvalue weighted by Gasteiger charge is 2.35. The number of carbonyl (C=O) groups is 2. The zero-order chi connectivity index (χ0) is 29.0. The van der Waals surface area contributed by atoms with Crippen LogP contribution in [-0.4, -0.2) is 41.8 Å². The van der Waals surface area contributed by atoms with Gasteiger partial charge in [-0.3, -0.25) is 9.59 Å². The van der Waals surface area contributed by atoms with E-state index in [2.05, 4.69) is 13.8 Å². The summed E-state index contributed by atoms with van der Waals surface area (Å²) in [4.78, 5) is 24.4. The third-order valence-electron chi connectivity index (χ3n) is 7.78. The van der Waals surface area contributed by atoms with Gasteiger partial charge < -0.3 is 14.6 Å². The van der Waals surface area contributed by atoms with Crippen molar-refractivity contribution in [3.63, 3.8) is 0 Å². The smallest absolute Gasteiger partial charge is 0.309 e. The first-order chi connectivity index (χ1) is 18.9. The molecule has 3 atom stereocenters. The molecule has 0 bridgehead atoms. The lowest BCUT2D eigenvalue weighted by Crippen LogP contribution is -2.32. The van der Waals surface area contributed by atoms with E-state index < -0.39 is 18.2 Å². The summed E-state index contributed by atoms with van der Waals surface area (Å²) in [5, 5.41) is 10.0. The summed E-state index contributed by atoms with van der Waals surface area (Å²) in [7, 11) is 0. The topological polar surface area (TPSA) is 72.8 Å². The van der Waals surface area contributed by atoms with Crippen molar-refractivity contribution in [2.24, 2.45) is 5.41 Å². The molecular weight excluding hydrogens is 514 g/mol. The second-order valence-corrected chi connectivity index (χ2v) is 11.6. The van der Waals surface area contributed by atoms with Crippen LogP contribution in [0.5, 0.6) is 0 Å². The largest absolute Gasteiger partial charge is 0.458 e. The number of cyclic esters (lactones) is 1. The van der Waals surface area contributed by atoms with Gasteiger partial charge in [-0.2, -0.15) is 0 Å². The Balaban J connectivity index is 1.49. The number of ketones is 1. The number of benzene rings is 2. The summed E-state index contributed by atoms with van der Waals surface area (Å²) >= 11 is 0. The first-order valence-corrected chi connectivity index (χ1v) is 13.9. The quantitative estimate of drug-likeness (QED) is 0.210. The third kappa shape index (κ3) is 7.32. The number of aliphatic hydroxyl groups is 1. The summed E-state index contributed by atoms with van der Waals surface area (Å²) < 4.78 is 39.4. The molecule has 7 heteroatoms. The second-order valence-electron chi connectivity index (χ2n) is 11.6. The number of hydrogen-bond donors (Lipinski definition) is 1. The molecule has 1 aliphatic carbocycles. The Morgan fingerprint density at radius 3 is 2.48 bits per heavy atom. The van der Waals surface area contributed by atoms with Gasteiger partial charge in [-0.25, -0.2) is 8.78 Å². The van der Waals surface area contributed by atoms with Crippen LogP contribution in [0.3, 0.4) is 0 Å². The van der Waals surface area contributed by atoms with Crippen LogP contribution in [0.1, 0.15) is 79.4 Å². The average Bonchev–Trinajstić information content (AvgIpc) is 2.88. The lowest BCUT2D eigenvalue weighted by Gasteiger charge is -2.39. The van der Waals surface area contributed by atoms with Crippen molar-refractivity contribution in [2.45, 2.75) is 84.5 Å². The molecule has 2 aromatic rings. The fourth-order valence-electron chi connectivity index (χ4n) is 5.62. The highest BCUT2D eigenvalue weighted by Crippen LogP contribution is 2.46. The SMILES string of the molecule is Cc1cc(C(=O)CCCOC2CC(c3ccc(F)c(C)c3)=C(C=C[C@H]3C[C@H](O)CC(=O)O3)C(C)(C)C2)ccc1F. The molecule has 0 saturated carbocycles. The van der Waals surface area contributed by atoms with Gasteiger partial charge in [0.25, 0.3) is 0 Å². The van der Waals surface area contributed by atoms with Gasteiger partial charge in [-0.15, -0.1) is 0 Å². The molecule has 40 heavy (non-hydrogen) atoms. The second kappa shape index (κ2) is 12.6. The van der Waals surface area contributed by atoms with E-state index in [4.69, 9.17) is 9.47 Å². The average molecular weight is 553 g/mol. The van der Waals surface area contributed by atoms with E-state index in [1.54, 1.807) is 26.0 Å². The minimum atomic E-state index is -0.722. The summed E-state index contributed by atoms with van der Waals surface area (Å²) in [5.74, 6) is -1.06. The van der Waals surface area contributed by atoms with Crippen LogP contribution in [0.15, 0.2) is 54.1 Å². The van der Waals surface area contributed by atoms with Crippen molar-refractivity contribution in [2.75, 3.05) is 6.61 Å². The summed E-state index contributed by atoms with van der Waals surface area (Å²) in [6, 6.07) is 9.50. The van der Waals surface area contributed by atoms with Crippen LogP contribution in [-0.2, 0) is 14.3 Å². The number of Topliss-reactive ketones (excluding diaryl/α,β-unsaturated/α-hetero) is 1. The molecule has 0 amide bonds. The van der Waals surface area contributed by atoms with Gasteiger partial charge in [0.15, 0.2) is 5.78 Å². The molecule has 214 valence electrons. The normalized spacial score (nSPS) is 23.0. The van der Waals surface area contributed by atoms with Crippen LogP contribution in [0.4, 0.5) is 8.78 Å². The molecule has 1 N–H and O–H groups in total. The van der Waals surface area contributed by atoms with Crippen molar-refractivity contribution in [1.82, 2.24) is 0 Å². The maximum absolute atomic E-state index is 14.1. The molecule has 2 aliphatic rings. The lowest BCUT2D eigenvalue weighted by molar-refractivity contribution is -0.156. The molecule has 1 heterocycles. The zero-order valence-electron chi connectivity index (χ0n) is 23.6. The van der Waals surface area contributed by atoms with Crippen molar-refractivity contribution >= 4 is 17.3 Å². The van der Waals surface area contributed by atoms with E-state index >= 15 is 0 Å². The van der Waals surface area contributed by atoms with E-state index in [0.29, 0.717) is 49.0 Å². The number of carbonyl (C=O) groups excluding carboxylic acids is 2. The molecule has 0 aromatic heterocycles. The number of allylic oxidation sites excluding steroid dienone is 2. The number of rotatable bonds is 9. The van der Waals surface area contributed by atoms with E-state index in [1.165, 1.54) is 18.2 Å². The number of aryl methyl sites for hydroxylation is 2. The maximum Gasteiger partial charge on any atom is 0.309 e. The summed E-state index contributed by atoms with van der Waals surface area (Å²) in [6.45, 7) is 8.03. The lowest BCUT2D eigenvalue weighted by atomic mass is 9.69. The van der Waals surface area contributed by atoms with Crippen LogP contribution in [0.25, 0.3) is 5.57 Å². The van der Waals surface area contributed by atoms with Gasteiger partial charge in [0.2, 0.25) is 0 Å². The van der Waals surface area contributed by atoms with Gasteiger partial charge in [0.05, 0.1) is 18.6 Å². The molecule has 1 fully saturated rings. The molecule has 5 nitrogen and oxygen atoms in total. The van der Waals surface area contributed by atoms with Gasteiger partial charge >= 0.3 is 5.97 Å². The minimum Gasteiger partial charge on any atom is -0.458 e. The Labute approximate surface area is 234 Å². The van der Waals surface area contributed by atoms with Crippen LogP contribution in [0.2, 0.25) is 0 Å². The number of hydrogen-bond acceptors (Lipinski definition) is 5. The zero-order valence-corrected chi connectivity index (χ0v) is 23.6. The molecule has 0 radical (unpaired) electrons. The predicted molar refractivity (Wildman–Crippen MR) is 150 cm³/mol. The Hall–Kier alpha value is -3.16. The molecule has 1 aliphatic heterocycles. The predicted octanol–water partition coefficient (Wildman–Crippen LogP) is 6.83. The van der Waals surface area contributed by atoms with Gasteiger partial charge in [-0.05, 0) is 103 Å². The van der Waals surface area contributed by atoms with Crippen molar-refractivity contribution in [3.8, 4) is 0 Å². The fourth-order valence-corrected chi connectivity index (χ4v) is 5.62. The highest BCUT2D eigenvalue weighted by molar-refractivity contribution is 5.96. The summed E-state index contributed by atoms with van der Waals surface area (Å²) in [6.07, 6.45) is 5.01. The standard InChI is InChI=1S/C33H38F2O5/c1-20-14-22(7-11-29(20)34)27-18-26(39-13-5-6-31(37)23-8-12-30(35)21(2)15-23)19-33(3,4)28(27)10-9-25-16-24(36)17-32(38)40-25/h7-12,14-15,24-26,36H,5-6,13,16-19H2,1-4H3/t24-,25-,26?/m0/s1. The van der Waals surface area contributed by atoms with Crippen molar-refractivity contribution < 1.29 is 33.0 Å². The molecule has 1 unspecified atom stereocenters. The third-order valence-corrected chi connectivity index (χ3v) is 7.78. The van der Waals surface area contributed by atoms with Crippen molar-refractivity contribution in [3.05, 3.63) is 88.0 Å². The Kier molecular flexibility index (Phi) is 9.37.